The van der Waals surface area contributed by atoms with Crippen LogP contribution in [0.4, 0.5) is 0 Å². The molecule has 0 saturated carbocycles. The van der Waals surface area contributed by atoms with Gasteiger partial charge in [0, 0.05) is 20.1 Å². The molecule has 2 heterocycles. The molecule has 2 aromatic carbocycles. The Balaban J connectivity index is 1.61. The molecule has 1 aliphatic rings. The number of aromatic nitrogens is 2. The number of carboxylic acids is 1. The largest absolute Gasteiger partial charge is 0.481 e. The third-order valence-corrected chi connectivity index (χ3v) is 5.33. The van der Waals surface area contributed by atoms with Crippen LogP contribution in [-0.2, 0) is 23.8 Å². The van der Waals surface area contributed by atoms with E-state index >= 15 is 0 Å². The van der Waals surface area contributed by atoms with Crippen LogP contribution in [0.15, 0.2) is 54.6 Å². The number of carbonyl (C=O) groups is 1. The number of hydrogen-bond donors (Lipinski definition) is 1. The summed E-state index contributed by atoms with van der Waals surface area (Å²) in [6.07, 6.45) is 0.621. The summed E-state index contributed by atoms with van der Waals surface area (Å²) >= 11 is 0. The molecule has 1 aromatic heterocycles. The summed E-state index contributed by atoms with van der Waals surface area (Å²) in [5.74, 6) is 0.224. The number of para-hydroxylation sites is 2. The van der Waals surface area contributed by atoms with E-state index in [4.69, 9.17) is 4.98 Å². The highest BCUT2D eigenvalue weighted by molar-refractivity contribution is 5.82. The molecule has 1 atom stereocenters. The molecule has 3 aromatic rings. The molecule has 5 heteroatoms. The first-order valence-electron chi connectivity index (χ1n) is 8.52. The van der Waals surface area contributed by atoms with Crippen LogP contribution in [0.1, 0.15) is 17.8 Å². The summed E-state index contributed by atoms with van der Waals surface area (Å²) in [6, 6.07) is 17.6. The van der Waals surface area contributed by atoms with Crippen molar-refractivity contribution in [1.82, 2.24) is 14.5 Å². The number of benzene rings is 2. The summed E-state index contributed by atoms with van der Waals surface area (Å²) in [5, 5.41) is 9.92. The van der Waals surface area contributed by atoms with Gasteiger partial charge in [0.25, 0.3) is 0 Å². The Hall–Kier alpha value is -2.66. The van der Waals surface area contributed by atoms with Crippen molar-refractivity contribution in [2.24, 2.45) is 7.05 Å². The Kier molecular flexibility index (Phi) is 3.81. The molecule has 0 bridgehead atoms. The Bertz CT molecular complexity index is 919. The molecular formula is C20H21N3O2. The lowest BCUT2D eigenvalue weighted by Gasteiger charge is -2.25. The van der Waals surface area contributed by atoms with Crippen LogP contribution < -0.4 is 0 Å². The average Bonchev–Trinajstić information content (AvgIpc) is 3.20. The molecule has 0 aliphatic carbocycles. The van der Waals surface area contributed by atoms with Crippen molar-refractivity contribution in [1.29, 1.82) is 0 Å². The molecule has 1 fully saturated rings. The minimum absolute atomic E-state index is 0.509. The number of aliphatic carboxylic acids is 1. The first-order chi connectivity index (χ1) is 12.1. The van der Waals surface area contributed by atoms with Crippen LogP contribution in [0.25, 0.3) is 11.0 Å². The molecule has 1 unspecified atom stereocenters. The number of hydrogen-bond acceptors (Lipinski definition) is 3. The first-order valence-corrected chi connectivity index (χ1v) is 8.52. The molecule has 1 saturated heterocycles. The Morgan fingerprint density at radius 2 is 1.88 bits per heavy atom. The smallest absolute Gasteiger partial charge is 0.315 e. The lowest BCUT2D eigenvalue weighted by Crippen LogP contribution is -2.39. The van der Waals surface area contributed by atoms with Gasteiger partial charge in [-0.05, 0) is 24.1 Å². The second-order valence-electron chi connectivity index (χ2n) is 6.79. The van der Waals surface area contributed by atoms with Crippen molar-refractivity contribution >= 4 is 17.0 Å². The lowest BCUT2D eigenvalue weighted by molar-refractivity contribution is -0.143. The molecule has 25 heavy (non-hydrogen) atoms. The molecule has 5 nitrogen and oxygen atoms in total. The van der Waals surface area contributed by atoms with Gasteiger partial charge >= 0.3 is 5.97 Å². The van der Waals surface area contributed by atoms with Gasteiger partial charge < -0.3 is 9.67 Å². The third-order valence-electron chi connectivity index (χ3n) is 5.33. The summed E-state index contributed by atoms with van der Waals surface area (Å²) in [6.45, 7) is 1.92. The molecule has 1 N–H and O–H groups in total. The van der Waals surface area contributed by atoms with Gasteiger partial charge in [0.1, 0.15) is 11.2 Å². The highest BCUT2D eigenvalue weighted by Crippen LogP contribution is 2.35. The van der Waals surface area contributed by atoms with Gasteiger partial charge in [-0.15, -0.1) is 0 Å². The Labute approximate surface area is 146 Å². The van der Waals surface area contributed by atoms with E-state index in [9.17, 15) is 9.90 Å². The maximum absolute atomic E-state index is 12.1. The summed E-state index contributed by atoms with van der Waals surface area (Å²) in [4.78, 5) is 19.0. The van der Waals surface area contributed by atoms with E-state index in [2.05, 4.69) is 15.5 Å². The third kappa shape index (κ3) is 2.61. The van der Waals surface area contributed by atoms with Crippen LogP contribution in [0.5, 0.6) is 0 Å². The van der Waals surface area contributed by atoms with Gasteiger partial charge in [0.15, 0.2) is 0 Å². The number of rotatable bonds is 4. The van der Waals surface area contributed by atoms with Crippen molar-refractivity contribution in [3.05, 3.63) is 66.0 Å². The minimum Gasteiger partial charge on any atom is -0.481 e. The monoisotopic (exact) mass is 335 g/mol. The minimum atomic E-state index is -0.828. The maximum atomic E-state index is 12.1. The summed E-state index contributed by atoms with van der Waals surface area (Å²) in [5.41, 5.74) is 2.14. The second-order valence-corrected chi connectivity index (χ2v) is 6.79. The van der Waals surface area contributed by atoms with Gasteiger partial charge in [0.2, 0.25) is 0 Å². The zero-order valence-corrected chi connectivity index (χ0v) is 14.2. The zero-order valence-electron chi connectivity index (χ0n) is 14.2. The zero-order chi connectivity index (χ0) is 17.4. The molecule has 128 valence electrons. The maximum Gasteiger partial charge on any atom is 0.315 e. The van der Waals surface area contributed by atoms with E-state index in [1.807, 2.05) is 55.6 Å². The van der Waals surface area contributed by atoms with Crippen molar-refractivity contribution in [3.63, 3.8) is 0 Å². The topological polar surface area (TPSA) is 58.4 Å². The molecule has 0 amide bonds. The number of imidazole rings is 1. The highest BCUT2D eigenvalue weighted by Gasteiger charge is 2.46. The van der Waals surface area contributed by atoms with E-state index in [1.165, 1.54) is 0 Å². The molecular weight excluding hydrogens is 314 g/mol. The summed E-state index contributed by atoms with van der Waals surface area (Å²) in [7, 11) is 2.02. The molecule has 0 spiro atoms. The van der Waals surface area contributed by atoms with E-state index < -0.39 is 11.4 Å². The normalized spacial score (nSPS) is 21.0. The number of nitrogens with zero attached hydrogens (tertiary/aromatic N) is 3. The number of likely N-dealkylation sites (tertiary alicyclic amines) is 1. The second kappa shape index (κ2) is 6.01. The predicted molar refractivity (Wildman–Crippen MR) is 96.4 cm³/mol. The van der Waals surface area contributed by atoms with Crippen molar-refractivity contribution in [2.45, 2.75) is 18.4 Å². The predicted octanol–water partition coefficient (Wildman–Crippen LogP) is 2.80. The van der Waals surface area contributed by atoms with Crippen LogP contribution in [-0.4, -0.2) is 38.6 Å². The fraction of sp³-hybridized carbons (Fsp3) is 0.300. The van der Waals surface area contributed by atoms with Gasteiger partial charge in [-0.1, -0.05) is 42.5 Å². The van der Waals surface area contributed by atoms with Gasteiger partial charge in [-0.3, -0.25) is 9.69 Å². The highest BCUT2D eigenvalue weighted by atomic mass is 16.4. The van der Waals surface area contributed by atoms with Gasteiger partial charge in [-0.25, -0.2) is 4.98 Å². The molecule has 0 radical (unpaired) electrons. The van der Waals surface area contributed by atoms with E-state index in [1.54, 1.807) is 0 Å². The fourth-order valence-electron chi connectivity index (χ4n) is 3.85. The number of fused-ring (bicyclic) bond motifs is 1. The van der Waals surface area contributed by atoms with Crippen molar-refractivity contribution in [3.8, 4) is 0 Å². The van der Waals surface area contributed by atoms with Crippen LogP contribution in [0.3, 0.4) is 0 Å². The van der Waals surface area contributed by atoms with Crippen molar-refractivity contribution in [2.75, 3.05) is 13.1 Å². The Morgan fingerprint density at radius 3 is 2.60 bits per heavy atom. The van der Waals surface area contributed by atoms with Crippen molar-refractivity contribution < 1.29 is 9.90 Å². The molecule has 1 aliphatic heterocycles. The average molecular weight is 335 g/mol. The SMILES string of the molecule is Cn1c(CN2CCC(C(=O)O)(c3ccccc3)C2)nc2ccccc21. The fourth-order valence-corrected chi connectivity index (χ4v) is 3.85. The lowest BCUT2D eigenvalue weighted by atomic mass is 9.80. The van der Waals surface area contributed by atoms with Crippen LogP contribution >= 0.6 is 0 Å². The summed E-state index contributed by atoms with van der Waals surface area (Å²) < 4.78 is 2.10. The quantitative estimate of drug-likeness (QED) is 0.796. The standard InChI is InChI=1S/C20H21N3O2/c1-22-17-10-6-5-9-16(17)21-18(22)13-23-12-11-20(14-23,19(24)25)15-7-3-2-4-8-15/h2-10H,11-14H2,1H3,(H,24,25). The van der Waals surface area contributed by atoms with E-state index in [-0.39, 0.29) is 0 Å². The Morgan fingerprint density at radius 1 is 1.16 bits per heavy atom. The van der Waals surface area contributed by atoms with E-state index in [0.717, 1.165) is 29.0 Å². The van der Waals surface area contributed by atoms with Gasteiger partial charge in [-0.2, -0.15) is 0 Å². The molecule has 4 rings (SSSR count). The number of carboxylic acid groups (broad SMARTS) is 1. The van der Waals surface area contributed by atoms with Crippen LogP contribution in [0, 0.1) is 0 Å². The van der Waals surface area contributed by atoms with Crippen LogP contribution in [0.2, 0.25) is 0 Å². The van der Waals surface area contributed by atoms with E-state index in [0.29, 0.717) is 19.5 Å². The van der Waals surface area contributed by atoms with Gasteiger partial charge in [0.05, 0.1) is 17.6 Å². The first kappa shape index (κ1) is 15.8. The number of aryl methyl sites for hydroxylation is 1.